The second kappa shape index (κ2) is 4.52. The number of hydrogen-bond acceptors (Lipinski definition) is 3. The molecule has 0 N–H and O–H groups in total. The van der Waals surface area contributed by atoms with Crippen LogP contribution in [0, 0.1) is 11.3 Å². The highest BCUT2D eigenvalue weighted by Crippen LogP contribution is 2.27. The minimum absolute atomic E-state index is 0.0410. The first-order valence-corrected chi connectivity index (χ1v) is 7.17. The van der Waals surface area contributed by atoms with Crippen LogP contribution in [0.25, 0.3) is 0 Å². The molecule has 6 heteroatoms. The molecule has 0 aliphatic rings. The van der Waals surface area contributed by atoms with Gasteiger partial charge in [-0.25, -0.2) is 8.42 Å². The fourth-order valence-corrected chi connectivity index (χ4v) is 2.54. The maximum absolute atomic E-state index is 11.1. The Hall–Kier alpha value is -0.570. The van der Waals surface area contributed by atoms with Crippen molar-refractivity contribution < 1.29 is 8.42 Å². The van der Waals surface area contributed by atoms with Gasteiger partial charge in [0.25, 0.3) is 9.05 Å². The molecule has 0 heterocycles. The molecule has 1 aromatic carbocycles. The zero-order chi connectivity index (χ0) is 11.6. The van der Waals surface area contributed by atoms with Crippen LogP contribution in [0.5, 0.6) is 0 Å². The summed E-state index contributed by atoms with van der Waals surface area (Å²) in [7, 11) is 1.43. The van der Waals surface area contributed by atoms with Crippen molar-refractivity contribution in [3.8, 4) is 6.07 Å². The third-order valence-electron chi connectivity index (χ3n) is 1.90. The molecule has 0 aromatic heterocycles. The zero-order valence-corrected chi connectivity index (χ0v) is 10.9. The smallest absolute Gasteiger partial charge is 0.207 e. The van der Waals surface area contributed by atoms with Gasteiger partial charge in [0.1, 0.15) is 6.07 Å². The van der Waals surface area contributed by atoms with Crippen LogP contribution in [0.4, 0.5) is 0 Å². The molecule has 0 spiro atoms. The van der Waals surface area contributed by atoms with Crippen LogP contribution in [0.1, 0.15) is 18.1 Å². The normalized spacial score (nSPS) is 11.1. The van der Waals surface area contributed by atoms with Gasteiger partial charge in [0.05, 0.1) is 10.5 Å². The zero-order valence-electron chi connectivity index (χ0n) is 7.79. The SMILES string of the molecule is CCc1cc(S(=O)(=O)Cl)cc(C#N)c1Br. The quantitative estimate of drug-likeness (QED) is 0.789. The molecule has 0 aliphatic heterocycles. The number of halogens is 2. The Labute approximate surface area is 101 Å². The van der Waals surface area contributed by atoms with Crippen LogP contribution in [-0.2, 0) is 15.5 Å². The second-order valence-corrected chi connectivity index (χ2v) is 6.21. The van der Waals surface area contributed by atoms with E-state index in [1.807, 2.05) is 13.0 Å². The largest absolute Gasteiger partial charge is 0.261 e. The number of nitriles is 1. The number of nitrogens with zero attached hydrogens (tertiary/aromatic N) is 1. The molecule has 0 saturated carbocycles. The molecule has 0 amide bonds. The molecule has 80 valence electrons. The minimum atomic E-state index is -3.78. The Kier molecular flexibility index (Phi) is 3.77. The molecule has 0 bridgehead atoms. The first-order valence-electron chi connectivity index (χ1n) is 4.07. The number of hydrogen-bond donors (Lipinski definition) is 0. The first-order chi connectivity index (χ1) is 6.90. The van der Waals surface area contributed by atoms with Crippen molar-refractivity contribution in [3.63, 3.8) is 0 Å². The second-order valence-electron chi connectivity index (χ2n) is 2.85. The standard InChI is InChI=1S/C9H7BrClNO2S/c1-2-6-3-8(15(11,13)14)4-7(5-12)9(6)10/h3-4H,2H2,1H3. The number of aryl methyl sites for hydroxylation is 1. The first kappa shape index (κ1) is 12.5. The summed E-state index contributed by atoms with van der Waals surface area (Å²) in [6.45, 7) is 1.87. The summed E-state index contributed by atoms with van der Waals surface area (Å²) >= 11 is 3.24. The van der Waals surface area contributed by atoms with E-state index < -0.39 is 9.05 Å². The summed E-state index contributed by atoms with van der Waals surface area (Å²) in [4.78, 5) is -0.0410. The molecule has 0 radical (unpaired) electrons. The highest BCUT2D eigenvalue weighted by atomic mass is 79.9. The molecule has 0 fully saturated rings. The molecule has 1 aromatic rings. The van der Waals surface area contributed by atoms with E-state index >= 15 is 0 Å². The van der Waals surface area contributed by atoms with E-state index in [2.05, 4.69) is 15.9 Å². The lowest BCUT2D eigenvalue weighted by atomic mass is 10.1. The van der Waals surface area contributed by atoms with Gasteiger partial charge in [-0.05, 0) is 40.0 Å². The van der Waals surface area contributed by atoms with E-state index in [1.165, 1.54) is 12.1 Å². The van der Waals surface area contributed by atoms with Gasteiger partial charge in [-0.3, -0.25) is 0 Å². The Morgan fingerprint density at radius 3 is 2.53 bits per heavy atom. The van der Waals surface area contributed by atoms with Gasteiger partial charge in [0.2, 0.25) is 0 Å². The summed E-state index contributed by atoms with van der Waals surface area (Å²) in [5.74, 6) is 0. The van der Waals surface area contributed by atoms with Gasteiger partial charge in [0.15, 0.2) is 0 Å². The summed E-state index contributed by atoms with van der Waals surface area (Å²) in [6, 6.07) is 4.63. The molecule has 0 atom stereocenters. The van der Waals surface area contributed by atoms with Crippen LogP contribution in [0.2, 0.25) is 0 Å². The fraction of sp³-hybridized carbons (Fsp3) is 0.222. The van der Waals surface area contributed by atoms with Crippen molar-refractivity contribution in [2.75, 3.05) is 0 Å². The van der Waals surface area contributed by atoms with E-state index in [-0.39, 0.29) is 10.5 Å². The Morgan fingerprint density at radius 2 is 2.13 bits per heavy atom. The van der Waals surface area contributed by atoms with E-state index in [9.17, 15) is 8.42 Å². The van der Waals surface area contributed by atoms with Crippen molar-refractivity contribution >= 4 is 35.7 Å². The van der Waals surface area contributed by atoms with E-state index in [0.717, 1.165) is 5.56 Å². The predicted octanol–water partition coefficient (Wildman–Crippen LogP) is 2.81. The highest BCUT2D eigenvalue weighted by Gasteiger charge is 2.15. The van der Waals surface area contributed by atoms with Crippen LogP contribution < -0.4 is 0 Å². The maximum Gasteiger partial charge on any atom is 0.261 e. The molecule has 1 rings (SSSR count). The number of benzene rings is 1. The Morgan fingerprint density at radius 1 is 1.53 bits per heavy atom. The highest BCUT2D eigenvalue weighted by molar-refractivity contribution is 9.10. The van der Waals surface area contributed by atoms with Crippen molar-refractivity contribution in [1.29, 1.82) is 5.26 Å². The monoisotopic (exact) mass is 307 g/mol. The topological polar surface area (TPSA) is 57.9 Å². The molecular formula is C9H7BrClNO2S. The van der Waals surface area contributed by atoms with E-state index in [4.69, 9.17) is 15.9 Å². The van der Waals surface area contributed by atoms with Crippen LogP contribution in [-0.4, -0.2) is 8.42 Å². The van der Waals surface area contributed by atoms with Gasteiger partial charge in [0, 0.05) is 15.2 Å². The van der Waals surface area contributed by atoms with E-state index in [1.54, 1.807) is 0 Å². The predicted molar refractivity (Wildman–Crippen MR) is 61.3 cm³/mol. The third-order valence-corrected chi connectivity index (χ3v) is 4.17. The summed E-state index contributed by atoms with van der Waals surface area (Å²) in [5, 5.41) is 8.81. The third kappa shape index (κ3) is 2.71. The lowest BCUT2D eigenvalue weighted by molar-refractivity contribution is 0.609. The van der Waals surface area contributed by atoms with Gasteiger partial charge >= 0.3 is 0 Å². The Balaban J connectivity index is 3.56. The van der Waals surface area contributed by atoms with Crippen molar-refractivity contribution in [3.05, 3.63) is 27.7 Å². The van der Waals surface area contributed by atoms with Crippen molar-refractivity contribution in [2.24, 2.45) is 0 Å². The van der Waals surface area contributed by atoms with E-state index in [0.29, 0.717) is 10.9 Å². The minimum Gasteiger partial charge on any atom is -0.207 e. The van der Waals surface area contributed by atoms with Crippen molar-refractivity contribution in [1.82, 2.24) is 0 Å². The summed E-state index contributed by atoms with van der Waals surface area (Å²) in [5.41, 5.74) is 1.02. The average molecular weight is 309 g/mol. The van der Waals surface area contributed by atoms with Crippen molar-refractivity contribution in [2.45, 2.75) is 18.2 Å². The average Bonchev–Trinajstić information content (AvgIpc) is 2.16. The van der Waals surface area contributed by atoms with Gasteiger partial charge in [-0.15, -0.1) is 0 Å². The van der Waals surface area contributed by atoms with Crippen LogP contribution in [0.3, 0.4) is 0 Å². The maximum atomic E-state index is 11.1. The molecule has 0 saturated heterocycles. The molecule has 0 unspecified atom stereocenters. The lowest BCUT2D eigenvalue weighted by Crippen LogP contribution is -1.96. The summed E-state index contributed by atoms with van der Waals surface area (Å²) in [6.07, 6.45) is 0.621. The fourth-order valence-electron chi connectivity index (χ4n) is 1.13. The molecular weight excluding hydrogens is 302 g/mol. The van der Waals surface area contributed by atoms with Crippen LogP contribution in [0.15, 0.2) is 21.5 Å². The Bertz CT molecular complexity index is 534. The van der Waals surface area contributed by atoms with Gasteiger partial charge < -0.3 is 0 Å². The van der Waals surface area contributed by atoms with Gasteiger partial charge in [-0.2, -0.15) is 5.26 Å². The molecule has 3 nitrogen and oxygen atoms in total. The van der Waals surface area contributed by atoms with Gasteiger partial charge in [-0.1, -0.05) is 6.92 Å². The molecule has 15 heavy (non-hydrogen) atoms. The lowest BCUT2D eigenvalue weighted by Gasteiger charge is -2.05. The molecule has 0 aliphatic carbocycles. The summed E-state index contributed by atoms with van der Waals surface area (Å²) < 4.78 is 22.9. The van der Waals surface area contributed by atoms with Crippen LogP contribution >= 0.6 is 26.6 Å². The number of rotatable bonds is 2.